The summed E-state index contributed by atoms with van der Waals surface area (Å²) in [6.45, 7) is 0. The summed E-state index contributed by atoms with van der Waals surface area (Å²) in [6.07, 6.45) is 4.40. The Morgan fingerprint density at radius 2 is 1.00 bits per heavy atom. The predicted molar refractivity (Wildman–Crippen MR) is 209 cm³/mol. The van der Waals surface area contributed by atoms with Crippen LogP contribution in [-0.2, 0) is 0 Å². The van der Waals surface area contributed by atoms with Crippen molar-refractivity contribution in [1.82, 2.24) is 0 Å². The second kappa shape index (κ2) is 12.5. The van der Waals surface area contributed by atoms with E-state index in [1.807, 2.05) is 17.4 Å². The molecule has 0 aliphatic rings. The average molecular weight is 646 g/mol. The minimum absolute atomic E-state index is 0.858. The molecule has 49 heavy (non-hydrogen) atoms. The van der Waals surface area contributed by atoms with Crippen LogP contribution in [0.3, 0.4) is 0 Å². The number of rotatable bonds is 7. The summed E-state index contributed by atoms with van der Waals surface area (Å²) in [5, 5.41) is 3.67. The number of hydrogen-bond donors (Lipinski definition) is 0. The smallest absolute Gasteiger partial charge is 0.142 e. The van der Waals surface area contributed by atoms with Crippen molar-refractivity contribution in [2.24, 2.45) is 0 Å². The van der Waals surface area contributed by atoms with E-state index in [9.17, 15) is 0 Å². The maximum absolute atomic E-state index is 6.61. The van der Waals surface area contributed by atoms with Crippen LogP contribution in [0.25, 0.3) is 70.8 Å². The van der Waals surface area contributed by atoms with E-state index in [0.717, 1.165) is 44.8 Å². The Bertz CT molecular complexity index is 2580. The summed E-state index contributed by atoms with van der Waals surface area (Å²) in [5.74, 6) is 0.858. The quantitative estimate of drug-likeness (QED) is 0.171. The third-order valence-corrected chi connectivity index (χ3v) is 10.3. The summed E-state index contributed by atoms with van der Waals surface area (Å²) in [5.41, 5.74) is 9.87. The summed E-state index contributed by atoms with van der Waals surface area (Å²) >= 11 is 1.84. The number of furan rings is 1. The lowest BCUT2D eigenvalue weighted by atomic mass is 10.0. The Labute approximate surface area is 289 Å². The second-order valence-electron chi connectivity index (χ2n) is 12.2. The predicted octanol–water partition coefficient (Wildman–Crippen LogP) is 13.6. The Balaban J connectivity index is 1.21. The lowest BCUT2D eigenvalue weighted by Gasteiger charge is -2.21. The van der Waals surface area contributed by atoms with Gasteiger partial charge in [0.05, 0.1) is 0 Å². The lowest BCUT2D eigenvalue weighted by molar-refractivity contribution is 0.631. The summed E-state index contributed by atoms with van der Waals surface area (Å²) < 4.78 is 9.18. The molecule has 0 aliphatic heterocycles. The van der Waals surface area contributed by atoms with Crippen LogP contribution in [0.2, 0.25) is 0 Å². The number of anilines is 2. The van der Waals surface area contributed by atoms with Gasteiger partial charge < -0.3 is 9.32 Å². The van der Waals surface area contributed by atoms with E-state index in [1.165, 1.54) is 36.9 Å². The standard InChI is InChI=1S/C46H31NOS/c1-4-12-32(13-5-1)34-20-23-37(24-21-34)47(38-25-26-40-39-18-10-11-19-44(39)49-45(40)31-38)29-28-41-42-30-36(33-14-6-2-7-15-33)22-27-43(42)48-46(41)35-16-8-3-9-17-35/h1-31H/b29-28+. The first kappa shape index (κ1) is 29.0. The Morgan fingerprint density at radius 1 is 0.429 bits per heavy atom. The van der Waals surface area contributed by atoms with Crippen molar-refractivity contribution in [2.45, 2.75) is 0 Å². The number of nitrogens with zero attached hydrogens (tertiary/aromatic N) is 1. The van der Waals surface area contributed by atoms with Crippen molar-refractivity contribution in [3.63, 3.8) is 0 Å². The van der Waals surface area contributed by atoms with Crippen LogP contribution in [0, 0.1) is 0 Å². The highest BCUT2D eigenvalue weighted by Crippen LogP contribution is 2.40. The van der Waals surface area contributed by atoms with Crippen LogP contribution in [0.15, 0.2) is 187 Å². The molecule has 232 valence electrons. The lowest BCUT2D eigenvalue weighted by Crippen LogP contribution is -2.08. The molecular formula is C46H31NOS. The molecule has 2 heterocycles. The molecular weight excluding hydrogens is 615 g/mol. The molecule has 0 bridgehead atoms. The van der Waals surface area contributed by atoms with Gasteiger partial charge in [-0.3, -0.25) is 0 Å². The first-order chi connectivity index (χ1) is 24.3. The van der Waals surface area contributed by atoms with Gasteiger partial charge in [0.2, 0.25) is 0 Å². The van der Waals surface area contributed by atoms with E-state index < -0.39 is 0 Å². The normalized spacial score (nSPS) is 11.6. The highest BCUT2D eigenvalue weighted by Gasteiger charge is 2.17. The Kier molecular flexibility index (Phi) is 7.38. The third kappa shape index (κ3) is 5.50. The van der Waals surface area contributed by atoms with Crippen LogP contribution in [0.4, 0.5) is 11.4 Å². The molecule has 0 amide bonds. The van der Waals surface area contributed by atoms with Gasteiger partial charge in [-0.1, -0.05) is 133 Å². The van der Waals surface area contributed by atoms with Crippen molar-refractivity contribution in [1.29, 1.82) is 0 Å². The number of fused-ring (bicyclic) bond motifs is 4. The molecule has 9 rings (SSSR count). The maximum Gasteiger partial charge on any atom is 0.142 e. The van der Waals surface area contributed by atoms with Gasteiger partial charge in [0.25, 0.3) is 0 Å². The molecule has 2 nitrogen and oxygen atoms in total. The van der Waals surface area contributed by atoms with E-state index in [2.05, 4.69) is 187 Å². The third-order valence-electron chi connectivity index (χ3n) is 9.15. The van der Waals surface area contributed by atoms with Gasteiger partial charge in [-0.15, -0.1) is 11.3 Å². The van der Waals surface area contributed by atoms with Gasteiger partial charge >= 0.3 is 0 Å². The van der Waals surface area contributed by atoms with Gasteiger partial charge in [-0.05, 0) is 70.8 Å². The number of thiophene rings is 1. The average Bonchev–Trinajstić information content (AvgIpc) is 3.74. The zero-order valence-corrected chi connectivity index (χ0v) is 27.5. The molecule has 0 spiro atoms. The molecule has 0 atom stereocenters. The van der Waals surface area contributed by atoms with E-state index in [-0.39, 0.29) is 0 Å². The highest BCUT2D eigenvalue weighted by atomic mass is 32.1. The minimum atomic E-state index is 0.858. The Hall–Kier alpha value is -6.16. The number of hydrogen-bond acceptors (Lipinski definition) is 3. The van der Waals surface area contributed by atoms with Crippen LogP contribution < -0.4 is 4.90 Å². The van der Waals surface area contributed by atoms with Crippen LogP contribution in [0.1, 0.15) is 5.56 Å². The fraction of sp³-hybridized carbons (Fsp3) is 0. The van der Waals surface area contributed by atoms with Crippen molar-refractivity contribution in [3.8, 4) is 33.6 Å². The fourth-order valence-electron chi connectivity index (χ4n) is 6.68. The largest absolute Gasteiger partial charge is 0.455 e. The molecule has 0 fully saturated rings. The van der Waals surface area contributed by atoms with Crippen LogP contribution in [0.5, 0.6) is 0 Å². The monoisotopic (exact) mass is 645 g/mol. The SMILES string of the molecule is C(=C\N(c1ccc(-c2ccccc2)cc1)c1ccc2c(c1)sc1ccccc12)/c1c(-c2ccccc2)oc2ccc(-c3ccccc3)cc12. The molecule has 0 unspecified atom stereocenters. The fourth-order valence-corrected chi connectivity index (χ4v) is 7.82. The minimum Gasteiger partial charge on any atom is -0.455 e. The first-order valence-electron chi connectivity index (χ1n) is 16.5. The van der Waals surface area contributed by atoms with E-state index >= 15 is 0 Å². The van der Waals surface area contributed by atoms with E-state index in [1.54, 1.807) is 0 Å². The van der Waals surface area contributed by atoms with Crippen molar-refractivity contribution >= 4 is 59.9 Å². The molecule has 0 saturated carbocycles. The zero-order chi connectivity index (χ0) is 32.6. The topological polar surface area (TPSA) is 16.4 Å². The molecule has 0 N–H and O–H groups in total. The maximum atomic E-state index is 6.61. The van der Waals surface area contributed by atoms with Crippen molar-refractivity contribution in [3.05, 3.63) is 188 Å². The first-order valence-corrected chi connectivity index (χ1v) is 17.3. The second-order valence-corrected chi connectivity index (χ2v) is 13.2. The zero-order valence-electron chi connectivity index (χ0n) is 26.7. The summed E-state index contributed by atoms with van der Waals surface area (Å²) in [7, 11) is 0. The van der Waals surface area contributed by atoms with Crippen molar-refractivity contribution in [2.75, 3.05) is 4.90 Å². The Morgan fingerprint density at radius 3 is 1.73 bits per heavy atom. The molecule has 0 saturated heterocycles. The van der Waals surface area contributed by atoms with Gasteiger partial charge in [0.15, 0.2) is 0 Å². The van der Waals surface area contributed by atoms with E-state index in [0.29, 0.717) is 0 Å². The van der Waals surface area contributed by atoms with Crippen LogP contribution in [-0.4, -0.2) is 0 Å². The molecule has 9 aromatic rings. The van der Waals surface area contributed by atoms with Gasteiger partial charge in [0.1, 0.15) is 11.3 Å². The summed E-state index contributed by atoms with van der Waals surface area (Å²) in [4.78, 5) is 2.28. The van der Waals surface area contributed by atoms with Crippen molar-refractivity contribution < 1.29 is 4.42 Å². The molecule has 7 aromatic carbocycles. The summed E-state index contributed by atoms with van der Waals surface area (Å²) in [6, 6.07) is 62.2. The molecule has 0 radical (unpaired) electrons. The molecule has 0 aliphatic carbocycles. The highest BCUT2D eigenvalue weighted by molar-refractivity contribution is 7.25. The van der Waals surface area contributed by atoms with Gasteiger partial charge in [-0.2, -0.15) is 0 Å². The van der Waals surface area contributed by atoms with E-state index in [4.69, 9.17) is 4.42 Å². The van der Waals surface area contributed by atoms with Gasteiger partial charge in [0, 0.05) is 54.3 Å². The molecule has 3 heteroatoms. The molecule has 2 aromatic heterocycles. The van der Waals surface area contributed by atoms with Gasteiger partial charge in [-0.25, -0.2) is 0 Å². The number of benzene rings is 7. The van der Waals surface area contributed by atoms with Crippen LogP contribution >= 0.6 is 11.3 Å².